The van der Waals surface area contributed by atoms with E-state index in [1.165, 1.54) is 0 Å². The van der Waals surface area contributed by atoms with Crippen molar-refractivity contribution in [3.05, 3.63) is 28.2 Å². The highest BCUT2D eigenvalue weighted by Gasteiger charge is 2.25. The number of nitrogens with two attached hydrogens (primary N) is 1. The van der Waals surface area contributed by atoms with Crippen LogP contribution in [0.1, 0.15) is 12.0 Å². The van der Waals surface area contributed by atoms with Crippen LogP contribution in [0.3, 0.4) is 0 Å². The highest BCUT2D eigenvalue weighted by molar-refractivity contribution is 9.10. The predicted octanol–water partition coefficient (Wildman–Crippen LogP) is 1.87. The van der Waals surface area contributed by atoms with Gasteiger partial charge in [0.05, 0.1) is 13.7 Å². The Morgan fingerprint density at radius 2 is 2.44 bits per heavy atom. The van der Waals surface area contributed by atoms with E-state index in [0.717, 1.165) is 41.8 Å². The van der Waals surface area contributed by atoms with E-state index in [-0.39, 0.29) is 6.04 Å². The lowest BCUT2D eigenvalue weighted by Gasteiger charge is -2.22. The molecule has 1 aliphatic rings. The number of halogens is 1. The smallest absolute Gasteiger partial charge is 0.122 e. The number of rotatable bonds is 5. The Labute approximate surface area is 116 Å². The Bertz CT molecular complexity index is 395. The van der Waals surface area contributed by atoms with Gasteiger partial charge in [-0.3, -0.25) is 11.3 Å². The van der Waals surface area contributed by atoms with Gasteiger partial charge >= 0.3 is 0 Å². The number of benzene rings is 1. The molecule has 0 radical (unpaired) electrons. The number of methoxy groups -OCH3 is 1. The van der Waals surface area contributed by atoms with Crippen molar-refractivity contribution in [3.63, 3.8) is 0 Å². The molecule has 2 rings (SSSR count). The number of hydrazine groups is 1. The summed E-state index contributed by atoms with van der Waals surface area (Å²) in [6.45, 7) is 1.61. The van der Waals surface area contributed by atoms with Gasteiger partial charge in [0.25, 0.3) is 0 Å². The zero-order valence-corrected chi connectivity index (χ0v) is 12.1. The molecule has 1 aromatic rings. The van der Waals surface area contributed by atoms with Crippen molar-refractivity contribution in [2.45, 2.75) is 18.9 Å². The van der Waals surface area contributed by atoms with Crippen molar-refractivity contribution in [3.8, 4) is 5.75 Å². The van der Waals surface area contributed by atoms with Crippen LogP contribution in [0.5, 0.6) is 5.75 Å². The lowest BCUT2D eigenvalue weighted by molar-refractivity contribution is 0.176. The van der Waals surface area contributed by atoms with Crippen LogP contribution >= 0.6 is 15.9 Å². The third kappa shape index (κ3) is 3.23. The van der Waals surface area contributed by atoms with Gasteiger partial charge in [0.15, 0.2) is 0 Å². The van der Waals surface area contributed by atoms with E-state index in [2.05, 4.69) is 27.4 Å². The second-order valence-electron chi connectivity index (χ2n) is 4.56. The molecule has 18 heavy (non-hydrogen) atoms. The highest BCUT2D eigenvalue weighted by Crippen LogP contribution is 2.27. The topological polar surface area (TPSA) is 56.5 Å². The molecular weight excluding hydrogens is 296 g/mol. The molecule has 1 heterocycles. The fourth-order valence-electron chi connectivity index (χ4n) is 2.38. The molecule has 0 spiro atoms. The van der Waals surface area contributed by atoms with Gasteiger partial charge in [-0.2, -0.15) is 0 Å². The maximum absolute atomic E-state index is 5.67. The minimum atomic E-state index is 0.218. The largest absolute Gasteiger partial charge is 0.496 e. The highest BCUT2D eigenvalue weighted by atomic mass is 79.9. The minimum absolute atomic E-state index is 0.218. The van der Waals surface area contributed by atoms with Crippen molar-refractivity contribution in [2.24, 2.45) is 11.8 Å². The SMILES string of the molecule is COc1ccc(Br)cc1CC(NN)C1CCOC1. The first kappa shape index (κ1) is 13.8. The summed E-state index contributed by atoms with van der Waals surface area (Å²) in [5.74, 6) is 7.04. The first-order valence-corrected chi connectivity index (χ1v) is 6.90. The van der Waals surface area contributed by atoms with E-state index in [4.69, 9.17) is 15.3 Å². The number of hydrogen-bond donors (Lipinski definition) is 2. The van der Waals surface area contributed by atoms with Gasteiger partial charge in [-0.1, -0.05) is 15.9 Å². The lowest BCUT2D eigenvalue weighted by Crippen LogP contribution is -2.42. The van der Waals surface area contributed by atoms with Gasteiger partial charge < -0.3 is 9.47 Å². The second kappa shape index (κ2) is 6.52. The fourth-order valence-corrected chi connectivity index (χ4v) is 2.78. The minimum Gasteiger partial charge on any atom is -0.496 e. The van der Waals surface area contributed by atoms with Crippen LogP contribution in [0, 0.1) is 5.92 Å². The number of nitrogens with one attached hydrogen (secondary N) is 1. The molecule has 100 valence electrons. The summed E-state index contributed by atoms with van der Waals surface area (Å²) in [5.41, 5.74) is 4.07. The van der Waals surface area contributed by atoms with Gasteiger partial charge in [-0.25, -0.2) is 0 Å². The molecule has 1 fully saturated rings. The van der Waals surface area contributed by atoms with Crippen LogP contribution in [0.2, 0.25) is 0 Å². The van der Waals surface area contributed by atoms with E-state index >= 15 is 0 Å². The summed E-state index contributed by atoms with van der Waals surface area (Å²) >= 11 is 3.49. The number of ether oxygens (including phenoxy) is 2. The van der Waals surface area contributed by atoms with Gasteiger partial charge in [-0.05, 0) is 36.6 Å². The zero-order valence-electron chi connectivity index (χ0n) is 10.5. The van der Waals surface area contributed by atoms with Crippen LogP contribution in [0.4, 0.5) is 0 Å². The van der Waals surface area contributed by atoms with Crippen LogP contribution < -0.4 is 16.0 Å². The number of hydrogen-bond acceptors (Lipinski definition) is 4. The zero-order chi connectivity index (χ0) is 13.0. The van der Waals surface area contributed by atoms with E-state index < -0.39 is 0 Å². The Morgan fingerprint density at radius 3 is 3.06 bits per heavy atom. The molecule has 0 aliphatic carbocycles. The summed E-state index contributed by atoms with van der Waals surface area (Å²) in [6, 6.07) is 6.25. The van der Waals surface area contributed by atoms with Crippen LogP contribution in [-0.4, -0.2) is 26.4 Å². The molecule has 5 heteroatoms. The quantitative estimate of drug-likeness (QED) is 0.643. The maximum Gasteiger partial charge on any atom is 0.122 e. The summed E-state index contributed by atoms with van der Waals surface area (Å²) in [5, 5.41) is 0. The molecule has 2 unspecified atom stereocenters. The van der Waals surface area contributed by atoms with E-state index in [9.17, 15) is 0 Å². The van der Waals surface area contributed by atoms with E-state index in [1.54, 1.807) is 7.11 Å². The van der Waals surface area contributed by atoms with Crippen molar-refractivity contribution in [1.29, 1.82) is 0 Å². The molecule has 1 aromatic carbocycles. The third-order valence-electron chi connectivity index (χ3n) is 3.43. The van der Waals surface area contributed by atoms with Gasteiger partial charge in [0.1, 0.15) is 5.75 Å². The Hall–Kier alpha value is -0.620. The maximum atomic E-state index is 5.67. The van der Waals surface area contributed by atoms with Gasteiger partial charge in [0.2, 0.25) is 0 Å². The standard InChI is InChI=1S/C13H19BrN2O2/c1-17-13-3-2-11(14)6-10(13)7-12(16-15)9-4-5-18-8-9/h2-3,6,9,12,16H,4-5,7-8,15H2,1H3. The average Bonchev–Trinajstić information content (AvgIpc) is 2.90. The summed E-state index contributed by atoms with van der Waals surface area (Å²) in [4.78, 5) is 0. The molecular formula is C13H19BrN2O2. The molecule has 0 aromatic heterocycles. The van der Waals surface area contributed by atoms with Gasteiger partial charge in [-0.15, -0.1) is 0 Å². The van der Waals surface area contributed by atoms with Crippen LogP contribution in [-0.2, 0) is 11.2 Å². The molecule has 3 N–H and O–H groups in total. The summed E-state index contributed by atoms with van der Waals surface area (Å²) < 4.78 is 11.9. The molecule has 4 nitrogen and oxygen atoms in total. The van der Waals surface area contributed by atoms with E-state index in [1.807, 2.05) is 12.1 Å². The van der Waals surface area contributed by atoms with Crippen molar-refractivity contribution < 1.29 is 9.47 Å². The molecule has 1 saturated heterocycles. The molecule has 2 atom stereocenters. The predicted molar refractivity (Wildman–Crippen MR) is 74.4 cm³/mol. The van der Waals surface area contributed by atoms with Crippen molar-refractivity contribution >= 4 is 15.9 Å². The summed E-state index contributed by atoms with van der Waals surface area (Å²) in [6.07, 6.45) is 1.90. The van der Waals surface area contributed by atoms with E-state index in [0.29, 0.717) is 5.92 Å². The van der Waals surface area contributed by atoms with Crippen LogP contribution in [0.25, 0.3) is 0 Å². The first-order valence-electron chi connectivity index (χ1n) is 6.11. The Morgan fingerprint density at radius 1 is 1.61 bits per heavy atom. The van der Waals surface area contributed by atoms with Crippen molar-refractivity contribution in [2.75, 3.05) is 20.3 Å². The average molecular weight is 315 g/mol. The van der Waals surface area contributed by atoms with Gasteiger partial charge in [0, 0.05) is 23.0 Å². The summed E-state index contributed by atoms with van der Waals surface area (Å²) in [7, 11) is 1.69. The fraction of sp³-hybridized carbons (Fsp3) is 0.538. The molecule has 0 amide bonds. The normalized spacial score (nSPS) is 20.9. The molecule has 0 bridgehead atoms. The Balaban J connectivity index is 2.12. The Kier molecular flexibility index (Phi) is 5.00. The second-order valence-corrected chi connectivity index (χ2v) is 5.47. The first-order chi connectivity index (χ1) is 8.74. The monoisotopic (exact) mass is 314 g/mol. The third-order valence-corrected chi connectivity index (χ3v) is 3.92. The lowest BCUT2D eigenvalue weighted by atomic mass is 9.93. The molecule has 0 saturated carbocycles. The van der Waals surface area contributed by atoms with Crippen molar-refractivity contribution in [1.82, 2.24) is 5.43 Å². The molecule has 1 aliphatic heterocycles. The van der Waals surface area contributed by atoms with Crippen LogP contribution in [0.15, 0.2) is 22.7 Å².